The van der Waals surface area contributed by atoms with Crippen LogP contribution in [0.3, 0.4) is 0 Å². The van der Waals surface area contributed by atoms with Gasteiger partial charge in [0.2, 0.25) is 0 Å². The molecule has 0 aliphatic carbocycles. The maximum atomic E-state index is 11.1. The quantitative estimate of drug-likeness (QED) is 0.655. The van der Waals surface area contributed by atoms with Gasteiger partial charge in [0.05, 0.1) is 13.2 Å². The first kappa shape index (κ1) is 19.2. The number of para-hydroxylation sites is 2. The van der Waals surface area contributed by atoms with Crippen LogP contribution in [-0.2, 0) is 14.6 Å². The minimum Gasteiger partial charge on any atom is -0.490 e. The van der Waals surface area contributed by atoms with Crippen molar-refractivity contribution in [2.24, 2.45) is 0 Å². The predicted octanol–water partition coefficient (Wildman–Crippen LogP) is 2.39. The highest BCUT2D eigenvalue weighted by atomic mass is 32.3. The molecule has 0 radical (unpaired) electrons. The second-order valence-corrected chi connectivity index (χ2v) is 6.12. The SMILES string of the molecule is CCOc1ccccc1OC(c1ccccc1)C(CO)OS(=O)(=O)O. The van der Waals surface area contributed by atoms with Gasteiger partial charge in [-0.2, -0.15) is 8.42 Å². The van der Waals surface area contributed by atoms with Crippen molar-refractivity contribution < 1.29 is 31.7 Å². The largest absolute Gasteiger partial charge is 0.490 e. The van der Waals surface area contributed by atoms with E-state index in [0.717, 1.165) is 0 Å². The molecule has 0 aliphatic rings. The van der Waals surface area contributed by atoms with Gasteiger partial charge in [-0.05, 0) is 24.6 Å². The third-order valence-corrected chi connectivity index (χ3v) is 3.78. The molecule has 0 spiro atoms. The second kappa shape index (κ2) is 8.82. The zero-order valence-electron chi connectivity index (χ0n) is 13.6. The fourth-order valence-electron chi connectivity index (χ4n) is 2.29. The van der Waals surface area contributed by atoms with Crippen LogP contribution in [0.15, 0.2) is 54.6 Å². The molecule has 8 heteroatoms. The van der Waals surface area contributed by atoms with Crippen molar-refractivity contribution in [2.45, 2.75) is 19.1 Å². The number of ether oxygens (including phenoxy) is 2. The molecule has 2 atom stereocenters. The highest BCUT2D eigenvalue weighted by Crippen LogP contribution is 2.33. The molecule has 0 bridgehead atoms. The average Bonchev–Trinajstić information content (AvgIpc) is 2.59. The Hall–Kier alpha value is -2.13. The van der Waals surface area contributed by atoms with Crippen LogP contribution in [0.1, 0.15) is 18.6 Å². The molecule has 2 aromatic rings. The topological polar surface area (TPSA) is 102 Å². The summed E-state index contributed by atoms with van der Waals surface area (Å²) in [6, 6.07) is 15.5. The first-order valence-electron chi connectivity index (χ1n) is 7.64. The van der Waals surface area contributed by atoms with Crippen LogP contribution in [0.2, 0.25) is 0 Å². The average molecular weight is 368 g/mol. The standard InChI is InChI=1S/C17H20O7S/c1-2-22-14-10-6-7-11-15(14)23-17(13-8-4-3-5-9-13)16(12-18)24-25(19,20)21/h3-11,16-18H,2,12H2,1H3,(H,19,20,21). The van der Waals surface area contributed by atoms with Crippen molar-refractivity contribution in [3.05, 3.63) is 60.2 Å². The van der Waals surface area contributed by atoms with E-state index in [-0.39, 0.29) is 0 Å². The molecule has 0 heterocycles. The summed E-state index contributed by atoms with van der Waals surface area (Å²) in [5.74, 6) is 0.824. The fourth-order valence-corrected chi connectivity index (χ4v) is 2.77. The lowest BCUT2D eigenvalue weighted by Crippen LogP contribution is -2.32. The van der Waals surface area contributed by atoms with Gasteiger partial charge in [0.25, 0.3) is 0 Å². The van der Waals surface area contributed by atoms with Gasteiger partial charge in [0.1, 0.15) is 6.10 Å². The molecule has 7 nitrogen and oxygen atoms in total. The number of rotatable bonds is 9. The lowest BCUT2D eigenvalue weighted by Gasteiger charge is -2.26. The van der Waals surface area contributed by atoms with Crippen molar-refractivity contribution in [2.75, 3.05) is 13.2 Å². The molecular weight excluding hydrogens is 348 g/mol. The van der Waals surface area contributed by atoms with Gasteiger partial charge < -0.3 is 14.6 Å². The molecule has 136 valence electrons. The van der Waals surface area contributed by atoms with E-state index in [1.807, 2.05) is 6.92 Å². The van der Waals surface area contributed by atoms with Gasteiger partial charge in [0, 0.05) is 0 Å². The summed E-state index contributed by atoms with van der Waals surface area (Å²) < 4.78 is 47.2. The minimum absolute atomic E-state index is 0.357. The van der Waals surface area contributed by atoms with E-state index in [1.54, 1.807) is 54.6 Å². The molecule has 0 aliphatic heterocycles. The Labute approximate surface area is 146 Å². The Balaban J connectivity index is 2.38. The Kier molecular flexibility index (Phi) is 6.77. The highest BCUT2D eigenvalue weighted by Gasteiger charge is 2.30. The molecule has 0 saturated carbocycles. The molecule has 0 saturated heterocycles. The van der Waals surface area contributed by atoms with Crippen molar-refractivity contribution in [3.63, 3.8) is 0 Å². The number of hydrogen-bond acceptors (Lipinski definition) is 6. The first-order chi connectivity index (χ1) is 11.9. The summed E-state index contributed by atoms with van der Waals surface area (Å²) in [7, 11) is -4.77. The van der Waals surface area contributed by atoms with Crippen LogP contribution in [-0.4, -0.2) is 37.4 Å². The van der Waals surface area contributed by atoms with E-state index in [4.69, 9.17) is 14.0 Å². The number of benzene rings is 2. The number of aliphatic hydroxyl groups is 1. The smallest absolute Gasteiger partial charge is 0.397 e. The molecule has 2 rings (SSSR count). The zero-order valence-corrected chi connectivity index (χ0v) is 14.4. The van der Waals surface area contributed by atoms with Crippen LogP contribution in [0.4, 0.5) is 0 Å². The van der Waals surface area contributed by atoms with Gasteiger partial charge >= 0.3 is 10.4 Å². The summed E-state index contributed by atoms with van der Waals surface area (Å²) in [4.78, 5) is 0. The second-order valence-electron chi connectivity index (χ2n) is 5.07. The van der Waals surface area contributed by atoms with E-state index in [9.17, 15) is 13.5 Å². The summed E-state index contributed by atoms with van der Waals surface area (Å²) in [6.45, 7) is 1.56. The van der Waals surface area contributed by atoms with Gasteiger partial charge in [-0.15, -0.1) is 0 Å². The van der Waals surface area contributed by atoms with Gasteiger partial charge in [-0.1, -0.05) is 42.5 Å². The Morgan fingerprint density at radius 1 is 1.00 bits per heavy atom. The van der Waals surface area contributed by atoms with Crippen molar-refractivity contribution in [3.8, 4) is 11.5 Å². The van der Waals surface area contributed by atoms with Gasteiger partial charge in [-0.3, -0.25) is 4.55 Å². The normalized spacial score (nSPS) is 13.9. The molecular formula is C17H20O7S. The van der Waals surface area contributed by atoms with E-state index < -0.39 is 29.2 Å². The third-order valence-electron chi connectivity index (χ3n) is 3.29. The maximum absolute atomic E-state index is 11.1. The monoisotopic (exact) mass is 368 g/mol. The van der Waals surface area contributed by atoms with Crippen molar-refractivity contribution in [1.29, 1.82) is 0 Å². The molecule has 0 amide bonds. The molecule has 0 fully saturated rings. The van der Waals surface area contributed by atoms with Crippen LogP contribution in [0.25, 0.3) is 0 Å². The Bertz CT molecular complexity index is 762. The van der Waals surface area contributed by atoms with Gasteiger partial charge in [0.15, 0.2) is 17.6 Å². The first-order valence-corrected chi connectivity index (χ1v) is 9.01. The van der Waals surface area contributed by atoms with Crippen LogP contribution >= 0.6 is 0 Å². The number of hydrogen-bond donors (Lipinski definition) is 2. The van der Waals surface area contributed by atoms with Crippen LogP contribution in [0.5, 0.6) is 11.5 Å². The van der Waals surface area contributed by atoms with E-state index >= 15 is 0 Å². The maximum Gasteiger partial charge on any atom is 0.397 e. The Morgan fingerprint density at radius 3 is 2.16 bits per heavy atom. The van der Waals surface area contributed by atoms with Crippen molar-refractivity contribution in [1.82, 2.24) is 0 Å². The van der Waals surface area contributed by atoms with Gasteiger partial charge in [-0.25, -0.2) is 4.18 Å². The fraction of sp³-hybridized carbons (Fsp3) is 0.294. The van der Waals surface area contributed by atoms with Crippen LogP contribution in [0, 0.1) is 0 Å². The molecule has 2 aromatic carbocycles. The van der Waals surface area contributed by atoms with Crippen LogP contribution < -0.4 is 9.47 Å². The highest BCUT2D eigenvalue weighted by molar-refractivity contribution is 7.80. The lowest BCUT2D eigenvalue weighted by atomic mass is 10.0. The molecule has 25 heavy (non-hydrogen) atoms. The summed E-state index contributed by atoms with van der Waals surface area (Å²) >= 11 is 0. The number of aliphatic hydroxyl groups excluding tert-OH is 1. The third kappa shape index (κ3) is 5.71. The predicted molar refractivity (Wildman–Crippen MR) is 90.9 cm³/mol. The van der Waals surface area contributed by atoms with E-state index in [2.05, 4.69) is 4.18 Å². The van der Waals surface area contributed by atoms with Crippen molar-refractivity contribution >= 4 is 10.4 Å². The summed E-state index contributed by atoms with van der Waals surface area (Å²) in [5.41, 5.74) is 0.566. The lowest BCUT2D eigenvalue weighted by molar-refractivity contribution is 0.0107. The minimum atomic E-state index is -4.77. The molecule has 2 N–H and O–H groups in total. The summed E-state index contributed by atoms with van der Waals surface area (Å²) in [5, 5.41) is 9.56. The molecule has 0 aromatic heterocycles. The Morgan fingerprint density at radius 2 is 1.60 bits per heavy atom. The molecule has 2 unspecified atom stereocenters. The zero-order chi connectivity index (χ0) is 18.3. The van der Waals surface area contributed by atoms with E-state index in [1.165, 1.54) is 0 Å². The van der Waals surface area contributed by atoms with E-state index in [0.29, 0.717) is 23.7 Å². The summed E-state index contributed by atoms with van der Waals surface area (Å²) in [6.07, 6.45) is -2.33.